The number of aromatic nitrogens is 3. The number of hydrogen-bond acceptors (Lipinski definition) is 3. The van der Waals surface area contributed by atoms with Gasteiger partial charge >= 0.3 is 0 Å². The first-order chi connectivity index (χ1) is 11.5. The summed E-state index contributed by atoms with van der Waals surface area (Å²) in [6, 6.07) is 1.88. The Kier molecular flexibility index (Phi) is 3.52. The molecule has 5 nitrogen and oxygen atoms in total. The Morgan fingerprint density at radius 2 is 2.21 bits per heavy atom. The van der Waals surface area contributed by atoms with Crippen molar-refractivity contribution in [1.82, 2.24) is 15.1 Å². The van der Waals surface area contributed by atoms with Gasteiger partial charge in [-0.1, -0.05) is 37.2 Å². The fraction of sp³-hybridized carbons (Fsp3) is 0.222. The molecule has 0 aliphatic heterocycles. The van der Waals surface area contributed by atoms with Gasteiger partial charge < -0.3 is 14.5 Å². The summed E-state index contributed by atoms with van der Waals surface area (Å²) in [6.45, 7) is 4.40. The highest BCUT2D eigenvalue weighted by atomic mass is 127. The van der Waals surface area contributed by atoms with Crippen molar-refractivity contribution in [2.45, 2.75) is 19.3 Å². The highest BCUT2D eigenvalue weighted by Crippen LogP contribution is 2.46. The van der Waals surface area contributed by atoms with Gasteiger partial charge in [0.1, 0.15) is 5.52 Å². The highest BCUT2D eigenvalue weighted by Gasteiger charge is 2.38. The van der Waals surface area contributed by atoms with Crippen LogP contribution >= 0.6 is 22.6 Å². The normalized spacial score (nSPS) is 23.6. The summed E-state index contributed by atoms with van der Waals surface area (Å²) in [5, 5.41) is 4.89. The molecule has 3 heterocycles. The van der Waals surface area contributed by atoms with E-state index >= 15 is 0 Å². The molecule has 4 rings (SSSR count). The van der Waals surface area contributed by atoms with Crippen molar-refractivity contribution in [2.24, 2.45) is 5.92 Å². The van der Waals surface area contributed by atoms with Gasteiger partial charge in [0.2, 0.25) is 0 Å². The van der Waals surface area contributed by atoms with E-state index in [-0.39, 0.29) is 11.0 Å². The molecule has 3 aromatic rings. The fourth-order valence-electron chi connectivity index (χ4n) is 3.31. The van der Waals surface area contributed by atoms with Crippen LogP contribution < -0.4 is 5.56 Å². The third kappa shape index (κ3) is 2.12. The van der Waals surface area contributed by atoms with Crippen LogP contribution in [0.15, 0.2) is 55.8 Å². The van der Waals surface area contributed by atoms with Gasteiger partial charge in [-0.3, -0.25) is 4.79 Å². The minimum absolute atomic E-state index is 0.144. The number of hydrogen-bond donors (Lipinski definition) is 2. The van der Waals surface area contributed by atoms with Crippen molar-refractivity contribution in [3.8, 4) is 11.3 Å². The van der Waals surface area contributed by atoms with Crippen LogP contribution in [0, 0.1) is 5.92 Å². The molecule has 122 valence electrons. The van der Waals surface area contributed by atoms with E-state index in [4.69, 9.17) is 4.52 Å². The first-order valence-electron chi connectivity index (χ1n) is 7.71. The predicted octanol–water partition coefficient (Wildman–Crippen LogP) is 4.29. The number of rotatable bonds is 2. The highest BCUT2D eigenvalue weighted by molar-refractivity contribution is 14.1. The molecule has 2 unspecified atom stereocenters. The van der Waals surface area contributed by atoms with Crippen LogP contribution in [0.3, 0.4) is 0 Å². The Bertz CT molecular complexity index is 1040. The van der Waals surface area contributed by atoms with Crippen molar-refractivity contribution in [2.75, 3.05) is 0 Å². The summed E-state index contributed by atoms with van der Waals surface area (Å²) in [7, 11) is 0. The fourth-order valence-corrected chi connectivity index (χ4v) is 4.17. The van der Waals surface area contributed by atoms with Crippen LogP contribution in [-0.4, -0.2) is 15.1 Å². The minimum atomic E-state index is -0.217. The van der Waals surface area contributed by atoms with Crippen LogP contribution in [0.4, 0.5) is 0 Å². The number of fused-ring (bicyclic) bond motifs is 1. The summed E-state index contributed by atoms with van der Waals surface area (Å²) in [5.74, 6) is 1.02. The molecule has 0 radical (unpaired) electrons. The van der Waals surface area contributed by atoms with Gasteiger partial charge in [0, 0.05) is 34.3 Å². The molecule has 0 bridgehead atoms. The van der Waals surface area contributed by atoms with E-state index in [0.29, 0.717) is 17.2 Å². The molecular weight excluding hydrogens is 417 g/mol. The number of pyridine rings is 1. The van der Waals surface area contributed by atoms with Gasteiger partial charge in [0.25, 0.3) is 5.56 Å². The standard InChI is InChI=1S/C18H16IN3O2/c1-10-14(19)4-3-6-18(10,2)13-9-22-24-16(13)12-8-21-15-11(12)5-7-20-17(15)23/h3-10,21H,1-2H3,(H,20,23). The molecule has 6 heteroatoms. The molecule has 3 aromatic heterocycles. The lowest BCUT2D eigenvalue weighted by Gasteiger charge is -2.34. The predicted molar refractivity (Wildman–Crippen MR) is 102 cm³/mol. The Morgan fingerprint density at radius 1 is 1.38 bits per heavy atom. The third-order valence-electron chi connectivity index (χ3n) is 5.02. The van der Waals surface area contributed by atoms with Crippen molar-refractivity contribution >= 4 is 33.5 Å². The minimum Gasteiger partial charge on any atom is -0.356 e. The largest absolute Gasteiger partial charge is 0.356 e. The average Bonchev–Trinajstić information content (AvgIpc) is 3.19. The van der Waals surface area contributed by atoms with Gasteiger partial charge in [0.15, 0.2) is 5.76 Å². The van der Waals surface area contributed by atoms with Gasteiger partial charge in [-0.2, -0.15) is 0 Å². The van der Waals surface area contributed by atoms with E-state index in [1.165, 1.54) is 3.58 Å². The molecule has 1 aliphatic carbocycles. The average molecular weight is 433 g/mol. The van der Waals surface area contributed by atoms with Crippen LogP contribution in [0.5, 0.6) is 0 Å². The van der Waals surface area contributed by atoms with E-state index in [1.807, 2.05) is 12.3 Å². The lowest BCUT2D eigenvalue weighted by Crippen LogP contribution is -2.30. The van der Waals surface area contributed by atoms with Gasteiger partial charge in [-0.05, 0) is 38.2 Å². The molecule has 2 N–H and O–H groups in total. The lowest BCUT2D eigenvalue weighted by molar-refractivity contribution is 0.422. The van der Waals surface area contributed by atoms with Crippen LogP contribution in [-0.2, 0) is 5.41 Å². The number of H-pyrrole nitrogens is 2. The van der Waals surface area contributed by atoms with E-state index in [1.54, 1.807) is 12.4 Å². The smallest absolute Gasteiger partial charge is 0.272 e. The lowest BCUT2D eigenvalue weighted by atomic mass is 9.70. The van der Waals surface area contributed by atoms with Crippen LogP contribution in [0.25, 0.3) is 22.2 Å². The van der Waals surface area contributed by atoms with Gasteiger partial charge in [-0.15, -0.1) is 0 Å². The number of nitrogens with zero attached hydrogens (tertiary/aromatic N) is 1. The van der Waals surface area contributed by atoms with Gasteiger partial charge in [0.05, 0.1) is 6.20 Å². The van der Waals surface area contributed by atoms with Crippen molar-refractivity contribution in [3.05, 3.63) is 62.4 Å². The van der Waals surface area contributed by atoms with E-state index in [0.717, 1.165) is 16.5 Å². The molecule has 0 aromatic carbocycles. The first kappa shape index (κ1) is 15.4. The van der Waals surface area contributed by atoms with Crippen molar-refractivity contribution < 1.29 is 4.52 Å². The second kappa shape index (κ2) is 5.47. The number of allylic oxidation sites excluding steroid dienone is 4. The Balaban J connectivity index is 1.92. The zero-order valence-electron chi connectivity index (χ0n) is 13.3. The number of nitrogens with one attached hydrogen (secondary N) is 2. The zero-order valence-corrected chi connectivity index (χ0v) is 15.4. The molecule has 0 spiro atoms. The summed E-state index contributed by atoms with van der Waals surface area (Å²) in [6.07, 6.45) is 11.7. The molecule has 1 aliphatic rings. The topological polar surface area (TPSA) is 74.7 Å². The van der Waals surface area contributed by atoms with E-state index in [2.05, 4.69) is 69.8 Å². The summed E-state index contributed by atoms with van der Waals surface area (Å²) in [5.41, 5.74) is 2.06. The quantitative estimate of drug-likeness (QED) is 0.593. The summed E-state index contributed by atoms with van der Waals surface area (Å²) >= 11 is 2.38. The zero-order chi connectivity index (χ0) is 16.9. The monoisotopic (exact) mass is 433 g/mol. The van der Waals surface area contributed by atoms with Gasteiger partial charge in [-0.25, -0.2) is 0 Å². The molecule has 2 atom stereocenters. The van der Waals surface area contributed by atoms with Crippen LogP contribution in [0.2, 0.25) is 0 Å². The number of aromatic amines is 2. The first-order valence-corrected chi connectivity index (χ1v) is 8.79. The third-order valence-corrected chi connectivity index (χ3v) is 6.31. The Labute approximate surface area is 152 Å². The van der Waals surface area contributed by atoms with E-state index in [9.17, 15) is 4.79 Å². The number of halogens is 1. The molecule has 24 heavy (non-hydrogen) atoms. The van der Waals surface area contributed by atoms with Crippen LogP contribution in [0.1, 0.15) is 19.4 Å². The second-order valence-electron chi connectivity index (χ2n) is 6.28. The molecule has 0 amide bonds. The SMILES string of the molecule is CC1C(I)=CC=CC1(C)c1cnoc1-c1c[nH]c2c(=O)[nH]ccc12. The second-order valence-corrected chi connectivity index (χ2v) is 7.53. The molecular formula is C18H16IN3O2. The maximum atomic E-state index is 12.0. The van der Waals surface area contributed by atoms with E-state index < -0.39 is 0 Å². The van der Waals surface area contributed by atoms with Crippen molar-refractivity contribution in [3.63, 3.8) is 0 Å². The Hall–Kier alpha value is -2.09. The maximum Gasteiger partial charge on any atom is 0.272 e. The summed E-state index contributed by atoms with van der Waals surface area (Å²) < 4.78 is 6.91. The molecule has 0 saturated carbocycles. The summed E-state index contributed by atoms with van der Waals surface area (Å²) in [4.78, 5) is 17.7. The Morgan fingerprint density at radius 3 is 3.04 bits per heavy atom. The maximum absolute atomic E-state index is 12.0. The van der Waals surface area contributed by atoms with Crippen molar-refractivity contribution in [1.29, 1.82) is 0 Å². The molecule has 0 fully saturated rings. The molecule has 0 saturated heterocycles.